The van der Waals surface area contributed by atoms with E-state index in [9.17, 15) is 19.4 Å². The lowest BCUT2D eigenvalue weighted by Crippen LogP contribution is -2.14. The van der Waals surface area contributed by atoms with E-state index in [1.54, 1.807) is 13.0 Å². The van der Waals surface area contributed by atoms with Gasteiger partial charge in [-0.2, -0.15) is 0 Å². The molecule has 0 radical (unpaired) electrons. The van der Waals surface area contributed by atoms with Crippen LogP contribution in [-0.4, -0.2) is 26.1 Å². The molecule has 7 heteroatoms. The van der Waals surface area contributed by atoms with Crippen molar-refractivity contribution in [2.45, 2.75) is 6.92 Å². The summed E-state index contributed by atoms with van der Waals surface area (Å²) in [5.74, 6) is -1.57. The molecule has 0 spiro atoms. The lowest BCUT2D eigenvalue weighted by molar-refractivity contribution is 0.102. The van der Waals surface area contributed by atoms with E-state index in [1.807, 2.05) is 0 Å². The third-order valence-electron chi connectivity index (χ3n) is 3.61. The third-order valence-corrected chi connectivity index (χ3v) is 3.61. The number of anilines is 1. The molecular weight excluding hydrogens is 325 g/mol. The van der Waals surface area contributed by atoms with Crippen molar-refractivity contribution in [3.05, 3.63) is 65.7 Å². The molecule has 25 heavy (non-hydrogen) atoms. The predicted molar refractivity (Wildman–Crippen MR) is 89.9 cm³/mol. The zero-order chi connectivity index (χ0) is 18.0. The molecule has 0 aliphatic rings. The van der Waals surface area contributed by atoms with Crippen LogP contribution in [0.4, 0.5) is 10.2 Å². The fraction of sp³-hybridized carbons (Fsp3) is 0.0556. The van der Waals surface area contributed by atoms with E-state index in [1.165, 1.54) is 42.7 Å². The maximum atomic E-state index is 13.6. The first-order valence-electron chi connectivity index (χ1n) is 7.36. The van der Waals surface area contributed by atoms with Crippen molar-refractivity contribution in [3.8, 4) is 22.8 Å². The second-order valence-electron chi connectivity index (χ2n) is 5.38. The van der Waals surface area contributed by atoms with E-state index in [-0.39, 0.29) is 22.9 Å². The lowest BCUT2D eigenvalue weighted by Gasteiger charge is -2.09. The van der Waals surface area contributed by atoms with Crippen molar-refractivity contribution in [1.29, 1.82) is 0 Å². The molecule has 3 N–H and O–H groups in total. The molecule has 3 aromatic rings. The Morgan fingerprint density at radius 3 is 2.48 bits per heavy atom. The number of benzene rings is 2. The van der Waals surface area contributed by atoms with Crippen molar-refractivity contribution < 1.29 is 19.4 Å². The van der Waals surface area contributed by atoms with Gasteiger partial charge in [-0.05, 0) is 36.8 Å². The van der Waals surface area contributed by atoms with Crippen LogP contribution in [0.5, 0.6) is 11.5 Å². The van der Waals surface area contributed by atoms with Crippen molar-refractivity contribution >= 4 is 11.7 Å². The van der Waals surface area contributed by atoms with E-state index < -0.39 is 11.7 Å². The van der Waals surface area contributed by atoms with E-state index >= 15 is 0 Å². The number of nitrogens with one attached hydrogen (secondary N) is 1. The number of hydrogen-bond acceptors (Lipinski definition) is 5. The van der Waals surface area contributed by atoms with Crippen LogP contribution < -0.4 is 5.32 Å². The molecule has 0 atom stereocenters. The second-order valence-corrected chi connectivity index (χ2v) is 5.38. The minimum absolute atomic E-state index is 0.0901. The van der Waals surface area contributed by atoms with Gasteiger partial charge in [0.25, 0.3) is 5.91 Å². The monoisotopic (exact) mass is 339 g/mol. The van der Waals surface area contributed by atoms with Crippen LogP contribution >= 0.6 is 0 Å². The molecule has 3 rings (SSSR count). The van der Waals surface area contributed by atoms with E-state index in [4.69, 9.17) is 0 Å². The summed E-state index contributed by atoms with van der Waals surface area (Å²) >= 11 is 0. The van der Waals surface area contributed by atoms with Gasteiger partial charge in [-0.3, -0.25) is 9.78 Å². The highest BCUT2D eigenvalue weighted by Crippen LogP contribution is 2.32. The van der Waals surface area contributed by atoms with Crippen LogP contribution in [0.2, 0.25) is 0 Å². The van der Waals surface area contributed by atoms with Crippen molar-refractivity contribution in [2.24, 2.45) is 0 Å². The van der Waals surface area contributed by atoms with E-state index in [2.05, 4.69) is 15.3 Å². The maximum absolute atomic E-state index is 13.6. The number of nitrogens with zero attached hydrogens (tertiary/aromatic N) is 2. The summed E-state index contributed by atoms with van der Waals surface area (Å²) < 4.78 is 13.6. The quantitative estimate of drug-likeness (QED) is 0.637. The average Bonchev–Trinajstić information content (AvgIpc) is 2.59. The number of aromatic hydroxyl groups is 2. The van der Waals surface area contributed by atoms with Crippen molar-refractivity contribution in [2.75, 3.05) is 5.32 Å². The van der Waals surface area contributed by atoms with Gasteiger partial charge >= 0.3 is 0 Å². The smallest absolute Gasteiger partial charge is 0.259 e. The van der Waals surface area contributed by atoms with Crippen LogP contribution in [0.3, 0.4) is 0 Å². The molecule has 0 bridgehead atoms. The van der Waals surface area contributed by atoms with Gasteiger partial charge in [0, 0.05) is 5.56 Å². The summed E-state index contributed by atoms with van der Waals surface area (Å²) in [6.45, 7) is 1.75. The zero-order valence-corrected chi connectivity index (χ0v) is 13.2. The average molecular weight is 339 g/mol. The summed E-state index contributed by atoms with van der Waals surface area (Å²) in [6, 6.07) is 8.42. The summed E-state index contributed by atoms with van der Waals surface area (Å²) in [4.78, 5) is 20.3. The molecule has 0 aliphatic carbocycles. The number of hydrogen-bond donors (Lipinski definition) is 3. The molecule has 2 aromatic carbocycles. The normalized spacial score (nSPS) is 10.5. The highest BCUT2D eigenvalue weighted by atomic mass is 19.1. The fourth-order valence-corrected chi connectivity index (χ4v) is 2.32. The number of rotatable bonds is 3. The van der Waals surface area contributed by atoms with Gasteiger partial charge in [0.2, 0.25) is 0 Å². The number of phenolic OH excluding ortho intramolecular Hbond substituents is 2. The van der Waals surface area contributed by atoms with Gasteiger partial charge in [0.15, 0.2) is 17.3 Å². The van der Waals surface area contributed by atoms with Crippen LogP contribution in [0.15, 0.2) is 48.8 Å². The Bertz CT molecular complexity index is 943. The van der Waals surface area contributed by atoms with Crippen LogP contribution in [0, 0.1) is 12.7 Å². The molecule has 1 heterocycles. The van der Waals surface area contributed by atoms with Crippen molar-refractivity contribution in [3.63, 3.8) is 0 Å². The summed E-state index contributed by atoms with van der Waals surface area (Å²) in [7, 11) is 0. The highest BCUT2D eigenvalue weighted by Gasteiger charge is 2.13. The maximum Gasteiger partial charge on any atom is 0.259 e. The summed E-state index contributed by atoms with van der Waals surface area (Å²) in [5.41, 5.74) is 1.66. The minimum atomic E-state index is -0.626. The Hall–Kier alpha value is -3.48. The molecule has 126 valence electrons. The number of phenols is 2. The first-order valence-corrected chi connectivity index (χ1v) is 7.36. The molecular formula is C18H14FN3O3. The Labute approximate surface area is 142 Å². The summed E-state index contributed by atoms with van der Waals surface area (Å²) in [6.07, 6.45) is 2.74. The molecule has 0 saturated heterocycles. The fourth-order valence-electron chi connectivity index (χ4n) is 2.32. The zero-order valence-electron chi connectivity index (χ0n) is 13.2. The molecule has 0 fully saturated rings. The van der Waals surface area contributed by atoms with Crippen LogP contribution in [0.1, 0.15) is 15.9 Å². The number of amides is 1. The SMILES string of the molecule is Cc1cc(O)c(O)cc1-c1cnc(NC(=O)c2ccccc2F)cn1. The standard InChI is InChI=1S/C18H14FN3O3/c1-10-6-15(23)16(24)7-12(10)14-8-21-17(9-20-14)22-18(25)11-4-2-3-5-13(11)19/h2-9,23-24H,1H3,(H,21,22,25). The molecule has 0 aliphatic heterocycles. The molecule has 0 saturated carbocycles. The van der Waals surface area contributed by atoms with E-state index in [0.29, 0.717) is 16.8 Å². The second kappa shape index (κ2) is 6.56. The lowest BCUT2D eigenvalue weighted by atomic mass is 10.1. The highest BCUT2D eigenvalue weighted by molar-refractivity contribution is 6.03. The van der Waals surface area contributed by atoms with Gasteiger partial charge in [-0.1, -0.05) is 12.1 Å². The Morgan fingerprint density at radius 2 is 1.80 bits per heavy atom. The van der Waals surface area contributed by atoms with Gasteiger partial charge in [-0.25, -0.2) is 9.37 Å². The largest absolute Gasteiger partial charge is 0.504 e. The topological polar surface area (TPSA) is 95.3 Å². The van der Waals surface area contributed by atoms with Gasteiger partial charge in [0.1, 0.15) is 5.82 Å². The molecule has 6 nitrogen and oxygen atoms in total. The van der Waals surface area contributed by atoms with Gasteiger partial charge in [-0.15, -0.1) is 0 Å². The van der Waals surface area contributed by atoms with Gasteiger partial charge < -0.3 is 15.5 Å². The molecule has 1 aromatic heterocycles. The van der Waals surface area contributed by atoms with Crippen LogP contribution in [-0.2, 0) is 0 Å². The molecule has 1 amide bonds. The number of carbonyl (C=O) groups is 1. The molecule has 0 unspecified atom stereocenters. The minimum Gasteiger partial charge on any atom is -0.504 e. The summed E-state index contributed by atoms with van der Waals surface area (Å²) in [5, 5.41) is 21.6. The van der Waals surface area contributed by atoms with Crippen LogP contribution in [0.25, 0.3) is 11.3 Å². The van der Waals surface area contributed by atoms with E-state index in [0.717, 1.165) is 0 Å². The first-order chi connectivity index (χ1) is 12.0. The Morgan fingerprint density at radius 1 is 1.08 bits per heavy atom. The number of aryl methyl sites for hydroxylation is 1. The number of halogens is 1. The van der Waals surface area contributed by atoms with Crippen molar-refractivity contribution in [1.82, 2.24) is 9.97 Å². The van der Waals surface area contributed by atoms with Gasteiger partial charge in [0.05, 0.1) is 23.7 Å². The third kappa shape index (κ3) is 3.40. The number of aromatic nitrogens is 2. The Balaban J connectivity index is 1.82. The Kier molecular flexibility index (Phi) is 4.30. The number of carbonyl (C=O) groups excluding carboxylic acids is 1. The predicted octanol–water partition coefficient (Wildman–Crippen LogP) is 3.25. The first kappa shape index (κ1) is 16.4.